The molecule has 1 heterocycles. The highest BCUT2D eigenvalue weighted by molar-refractivity contribution is 5.76. The van der Waals surface area contributed by atoms with E-state index in [1.807, 2.05) is 30.3 Å². The van der Waals surface area contributed by atoms with E-state index >= 15 is 0 Å². The van der Waals surface area contributed by atoms with Crippen LogP contribution in [-0.4, -0.2) is 29.4 Å². The van der Waals surface area contributed by atoms with Crippen LogP contribution in [0.3, 0.4) is 0 Å². The molecule has 1 N–H and O–H groups in total. The molecule has 1 aromatic rings. The summed E-state index contributed by atoms with van der Waals surface area (Å²) >= 11 is 0. The number of hydrogen-bond donors (Lipinski definition) is 1. The van der Waals surface area contributed by atoms with Crippen molar-refractivity contribution in [3.05, 3.63) is 35.9 Å². The maximum atomic E-state index is 11.5. The van der Waals surface area contributed by atoms with Gasteiger partial charge in [0.2, 0.25) is 0 Å². The molecule has 1 aliphatic heterocycles. The Hall–Kier alpha value is -1.39. The van der Waals surface area contributed by atoms with Gasteiger partial charge in [-0.15, -0.1) is 0 Å². The number of epoxide rings is 1. The van der Waals surface area contributed by atoms with E-state index in [1.165, 1.54) is 0 Å². The number of hydrogen-bond acceptors (Lipinski definition) is 4. The Labute approximate surface area is 93.8 Å². The highest BCUT2D eigenvalue weighted by atomic mass is 16.6. The maximum Gasteiger partial charge on any atom is 0.338 e. The monoisotopic (exact) mass is 222 g/mol. The van der Waals surface area contributed by atoms with Crippen molar-refractivity contribution in [1.82, 2.24) is 0 Å². The van der Waals surface area contributed by atoms with Crippen molar-refractivity contribution in [3.63, 3.8) is 0 Å². The topological polar surface area (TPSA) is 59.1 Å². The molecule has 0 unspecified atom stereocenters. The van der Waals surface area contributed by atoms with Crippen LogP contribution in [0.25, 0.3) is 0 Å². The number of carbonyl (C=O) groups excluding carboxylic acids is 1. The van der Waals surface area contributed by atoms with E-state index in [0.29, 0.717) is 6.61 Å². The van der Waals surface area contributed by atoms with E-state index in [1.54, 1.807) is 6.92 Å². The fraction of sp³-hybridized carbons (Fsp3) is 0.417. The van der Waals surface area contributed by atoms with Gasteiger partial charge in [-0.25, -0.2) is 4.79 Å². The first-order chi connectivity index (χ1) is 7.62. The van der Waals surface area contributed by atoms with Crippen LogP contribution in [0, 0.1) is 0 Å². The normalized spacial score (nSPS) is 24.9. The smallest absolute Gasteiger partial charge is 0.338 e. The fourth-order valence-electron chi connectivity index (χ4n) is 1.33. The summed E-state index contributed by atoms with van der Waals surface area (Å²) in [6, 6.07) is 9.33. The first-order valence-electron chi connectivity index (χ1n) is 5.14. The summed E-state index contributed by atoms with van der Waals surface area (Å²) < 4.78 is 9.97. The van der Waals surface area contributed by atoms with Gasteiger partial charge in [0.1, 0.15) is 12.2 Å². The van der Waals surface area contributed by atoms with Crippen LogP contribution in [0.1, 0.15) is 12.5 Å². The average Bonchev–Trinajstić information content (AvgIpc) is 3.06. The number of benzene rings is 1. The standard InChI is InChI=1S/C12H14O4/c1-12(8-16-12)10(13)11(14)15-7-9-5-3-2-4-6-9/h2-6,10,13H,7-8H2,1H3/t10-,12+/m1/s1. The number of carbonyl (C=O) groups is 1. The van der Waals surface area contributed by atoms with Crippen LogP contribution < -0.4 is 0 Å². The minimum Gasteiger partial charge on any atom is -0.459 e. The summed E-state index contributed by atoms with van der Waals surface area (Å²) in [6.45, 7) is 2.25. The molecule has 2 atom stereocenters. The van der Waals surface area contributed by atoms with E-state index in [9.17, 15) is 9.90 Å². The van der Waals surface area contributed by atoms with Crippen molar-refractivity contribution in [1.29, 1.82) is 0 Å². The Morgan fingerprint density at radius 1 is 1.56 bits per heavy atom. The Kier molecular flexibility index (Phi) is 2.94. The van der Waals surface area contributed by atoms with Crippen molar-refractivity contribution in [2.45, 2.75) is 25.2 Å². The predicted octanol–water partition coefficient (Wildman–Crippen LogP) is 0.880. The first kappa shape index (κ1) is 11.1. The van der Waals surface area contributed by atoms with Crippen LogP contribution in [0.15, 0.2) is 30.3 Å². The zero-order valence-corrected chi connectivity index (χ0v) is 9.05. The Morgan fingerprint density at radius 3 is 2.75 bits per heavy atom. The van der Waals surface area contributed by atoms with E-state index < -0.39 is 17.7 Å². The number of aliphatic hydroxyl groups excluding tert-OH is 1. The molecule has 0 aromatic heterocycles. The van der Waals surface area contributed by atoms with Gasteiger partial charge in [-0.1, -0.05) is 30.3 Å². The second kappa shape index (κ2) is 4.23. The van der Waals surface area contributed by atoms with Gasteiger partial charge in [-0.2, -0.15) is 0 Å². The summed E-state index contributed by atoms with van der Waals surface area (Å²) in [5, 5.41) is 9.60. The van der Waals surface area contributed by atoms with E-state index in [2.05, 4.69) is 0 Å². The third-order valence-electron chi connectivity index (χ3n) is 2.63. The minimum atomic E-state index is -1.20. The lowest BCUT2D eigenvalue weighted by Gasteiger charge is -2.13. The molecule has 0 amide bonds. The Balaban J connectivity index is 1.84. The van der Waals surface area contributed by atoms with Gasteiger partial charge in [-0.05, 0) is 12.5 Å². The SMILES string of the molecule is C[C@@]1([C@H](O)C(=O)OCc2ccccc2)CO1. The molecule has 0 saturated carbocycles. The van der Waals surface area contributed by atoms with Crippen molar-refractivity contribution < 1.29 is 19.4 Å². The maximum absolute atomic E-state index is 11.5. The molecular weight excluding hydrogens is 208 g/mol. The zero-order valence-electron chi connectivity index (χ0n) is 9.05. The molecule has 4 heteroatoms. The minimum absolute atomic E-state index is 0.173. The lowest BCUT2D eigenvalue weighted by Crippen LogP contribution is -2.36. The third kappa shape index (κ3) is 2.40. The highest BCUT2D eigenvalue weighted by Crippen LogP contribution is 2.30. The molecule has 1 aromatic carbocycles. The van der Waals surface area contributed by atoms with Crippen LogP contribution in [0.5, 0.6) is 0 Å². The zero-order chi connectivity index (χ0) is 11.6. The molecule has 1 saturated heterocycles. The van der Waals surface area contributed by atoms with Crippen molar-refractivity contribution in [3.8, 4) is 0 Å². The van der Waals surface area contributed by atoms with Crippen molar-refractivity contribution in [2.75, 3.05) is 6.61 Å². The summed E-state index contributed by atoms with van der Waals surface area (Å²) in [5.41, 5.74) is 0.151. The van der Waals surface area contributed by atoms with Crippen molar-refractivity contribution >= 4 is 5.97 Å². The second-order valence-corrected chi connectivity index (χ2v) is 4.10. The van der Waals surface area contributed by atoms with Gasteiger partial charge in [0, 0.05) is 0 Å². The van der Waals surface area contributed by atoms with Crippen LogP contribution >= 0.6 is 0 Å². The Morgan fingerprint density at radius 2 is 2.19 bits per heavy atom. The van der Waals surface area contributed by atoms with Gasteiger partial charge >= 0.3 is 5.97 Å². The molecule has 0 spiro atoms. The van der Waals surface area contributed by atoms with Gasteiger partial charge in [0.05, 0.1) is 6.61 Å². The molecule has 1 fully saturated rings. The number of ether oxygens (including phenoxy) is 2. The number of esters is 1. The summed E-state index contributed by atoms with van der Waals surface area (Å²) in [5.74, 6) is -0.635. The van der Waals surface area contributed by atoms with E-state index in [4.69, 9.17) is 9.47 Å². The quantitative estimate of drug-likeness (QED) is 0.607. The predicted molar refractivity (Wildman–Crippen MR) is 56.6 cm³/mol. The van der Waals surface area contributed by atoms with Crippen LogP contribution in [0.4, 0.5) is 0 Å². The average molecular weight is 222 g/mol. The molecule has 0 radical (unpaired) electrons. The van der Waals surface area contributed by atoms with Gasteiger partial charge in [0.25, 0.3) is 0 Å². The van der Waals surface area contributed by atoms with Crippen LogP contribution in [0.2, 0.25) is 0 Å². The summed E-state index contributed by atoms with van der Waals surface area (Å²) in [6.07, 6.45) is -1.20. The van der Waals surface area contributed by atoms with Crippen molar-refractivity contribution in [2.24, 2.45) is 0 Å². The largest absolute Gasteiger partial charge is 0.459 e. The molecule has 86 valence electrons. The molecule has 16 heavy (non-hydrogen) atoms. The Bertz CT molecular complexity index is 370. The lowest BCUT2D eigenvalue weighted by molar-refractivity contribution is -0.158. The van der Waals surface area contributed by atoms with Gasteiger partial charge in [-0.3, -0.25) is 0 Å². The van der Waals surface area contributed by atoms with Gasteiger partial charge < -0.3 is 14.6 Å². The highest BCUT2D eigenvalue weighted by Gasteiger charge is 2.50. The summed E-state index contributed by atoms with van der Waals surface area (Å²) in [4.78, 5) is 11.5. The molecule has 4 nitrogen and oxygen atoms in total. The molecular formula is C12H14O4. The van der Waals surface area contributed by atoms with Gasteiger partial charge in [0.15, 0.2) is 6.10 Å². The fourth-order valence-corrected chi connectivity index (χ4v) is 1.33. The molecule has 1 aliphatic rings. The molecule has 2 rings (SSSR count). The van der Waals surface area contributed by atoms with E-state index in [0.717, 1.165) is 5.56 Å². The lowest BCUT2D eigenvalue weighted by atomic mass is 10.1. The molecule has 0 aliphatic carbocycles. The number of rotatable bonds is 4. The van der Waals surface area contributed by atoms with Crippen LogP contribution in [-0.2, 0) is 20.9 Å². The summed E-state index contributed by atoms with van der Waals surface area (Å²) in [7, 11) is 0. The first-order valence-corrected chi connectivity index (χ1v) is 5.14. The number of aliphatic hydroxyl groups is 1. The second-order valence-electron chi connectivity index (χ2n) is 4.10. The van der Waals surface area contributed by atoms with E-state index in [-0.39, 0.29) is 6.61 Å². The third-order valence-corrected chi connectivity index (χ3v) is 2.63. The molecule has 0 bridgehead atoms.